The monoisotopic (exact) mass is 908 g/mol. The van der Waals surface area contributed by atoms with Crippen LogP contribution in [0.3, 0.4) is 0 Å². The number of allylic oxidation sites excluding steroid dienone is 14. The molecule has 0 aliphatic heterocycles. The zero-order valence-corrected chi connectivity index (χ0v) is 42.4. The summed E-state index contributed by atoms with van der Waals surface area (Å²) in [7, 11) is 5.41. The molecular formula is C57H97NO7. The number of hydrogen-bond donors (Lipinski definition) is 0. The lowest BCUT2D eigenvalue weighted by molar-refractivity contribution is -0.889. The number of carboxylic acid groups (broad SMARTS) is 1. The molecule has 0 spiro atoms. The molecule has 0 aromatic heterocycles. The maximum atomic E-state index is 12.8. The Balaban J connectivity index is 4.28. The van der Waals surface area contributed by atoms with Gasteiger partial charge < -0.3 is 28.6 Å². The van der Waals surface area contributed by atoms with E-state index in [0.29, 0.717) is 12.8 Å². The molecule has 0 aromatic rings. The van der Waals surface area contributed by atoms with Gasteiger partial charge in [-0.1, -0.05) is 189 Å². The maximum absolute atomic E-state index is 12.8. The lowest BCUT2D eigenvalue weighted by Crippen LogP contribution is -2.55. The van der Waals surface area contributed by atoms with E-state index in [9.17, 15) is 19.5 Å². The van der Waals surface area contributed by atoms with E-state index in [1.165, 1.54) is 83.5 Å². The Bertz CT molecular complexity index is 1330. The molecule has 0 amide bonds. The first-order valence-electron chi connectivity index (χ1n) is 26.1. The molecule has 2 atom stereocenters. The van der Waals surface area contributed by atoms with Gasteiger partial charge in [0.2, 0.25) is 0 Å². The van der Waals surface area contributed by atoms with E-state index in [4.69, 9.17) is 14.2 Å². The minimum Gasteiger partial charge on any atom is -0.544 e. The fraction of sp³-hybridized carbons (Fsp3) is 0.702. The van der Waals surface area contributed by atoms with Gasteiger partial charge >= 0.3 is 11.9 Å². The molecule has 0 heterocycles. The van der Waals surface area contributed by atoms with Crippen molar-refractivity contribution >= 4 is 17.9 Å². The number of aliphatic carboxylic acids is 1. The second-order valence-corrected chi connectivity index (χ2v) is 18.4. The van der Waals surface area contributed by atoms with E-state index in [0.717, 1.165) is 89.9 Å². The zero-order chi connectivity index (χ0) is 47.7. The number of rotatable bonds is 46. The van der Waals surface area contributed by atoms with E-state index in [2.05, 4.69) is 98.9 Å². The van der Waals surface area contributed by atoms with Gasteiger partial charge in [0.05, 0.1) is 40.3 Å². The minimum absolute atomic E-state index is 0.0305. The molecule has 0 saturated heterocycles. The predicted molar refractivity (Wildman–Crippen MR) is 272 cm³/mol. The molecule has 0 saturated carbocycles. The van der Waals surface area contributed by atoms with Crippen LogP contribution in [0.15, 0.2) is 85.1 Å². The molecule has 0 bridgehead atoms. The molecule has 0 aliphatic carbocycles. The second-order valence-electron chi connectivity index (χ2n) is 18.4. The van der Waals surface area contributed by atoms with Crippen LogP contribution in [0.25, 0.3) is 0 Å². The van der Waals surface area contributed by atoms with Crippen molar-refractivity contribution in [2.75, 3.05) is 41.0 Å². The number of quaternary nitrogens is 1. The summed E-state index contributed by atoms with van der Waals surface area (Å²) in [5.74, 6) is -1.76. The first kappa shape index (κ1) is 61.5. The Morgan fingerprint density at radius 1 is 0.492 bits per heavy atom. The fourth-order valence-corrected chi connectivity index (χ4v) is 7.26. The standard InChI is InChI=1S/C57H97NO7/c1-6-8-10-12-14-16-18-20-22-24-26-27-28-30-31-33-35-37-39-41-43-45-47-55(59)64-52-53(51-63-50-49-54(57(61)62)58(3,4)5)65-56(60)48-46-44-42-40-38-36-34-32-29-25-23-21-19-17-15-13-11-9-7-2/h8,10,14-17,19-22,26-27,30-31,53-54H,6-7,9,11-13,18,23-25,28-29,32-52H2,1-5H3/b10-8+,16-14+,17-15+,21-19+,22-20+,27-26+,31-30+. The third-order valence-corrected chi connectivity index (χ3v) is 11.3. The lowest BCUT2D eigenvalue weighted by atomic mass is 10.1. The van der Waals surface area contributed by atoms with Crippen molar-refractivity contribution in [3.8, 4) is 0 Å². The quantitative estimate of drug-likeness (QED) is 0.0197. The smallest absolute Gasteiger partial charge is 0.306 e. The van der Waals surface area contributed by atoms with Crippen molar-refractivity contribution < 1.29 is 38.2 Å². The average Bonchev–Trinajstić information content (AvgIpc) is 3.27. The molecule has 0 N–H and O–H groups in total. The van der Waals surface area contributed by atoms with Crippen LogP contribution >= 0.6 is 0 Å². The number of hydrogen-bond acceptors (Lipinski definition) is 7. The highest BCUT2D eigenvalue weighted by Gasteiger charge is 2.25. The summed E-state index contributed by atoms with van der Waals surface area (Å²) >= 11 is 0. The Labute approximate surface area is 399 Å². The number of carboxylic acids is 1. The van der Waals surface area contributed by atoms with Crippen LogP contribution in [0.4, 0.5) is 0 Å². The summed E-state index contributed by atoms with van der Waals surface area (Å²) in [6.45, 7) is 4.51. The maximum Gasteiger partial charge on any atom is 0.306 e. The van der Waals surface area contributed by atoms with E-state index in [1.54, 1.807) is 21.1 Å². The van der Waals surface area contributed by atoms with Crippen molar-refractivity contribution in [3.05, 3.63) is 85.1 Å². The summed E-state index contributed by atoms with van der Waals surface area (Å²) in [6, 6.07) is -0.734. The summed E-state index contributed by atoms with van der Waals surface area (Å²) < 4.78 is 17.2. The number of nitrogens with zero attached hydrogens (tertiary/aromatic N) is 1. The summed E-state index contributed by atoms with van der Waals surface area (Å²) in [4.78, 5) is 37.1. The van der Waals surface area contributed by atoms with Crippen molar-refractivity contribution in [2.45, 2.75) is 219 Å². The first-order chi connectivity index (χ1) is 31.6. The fourth-order valence-electron chi connectivity index (χ4n) is 7.26. The zero-order valence-electron chi connectivity index (χ0n) is 42.4. The minimum atomic E-state index is -1.13. The third-order valence-electron chi connectivity index (χ3n) is 11.3. The Morgan fingerprint density at radius 2 is 0.908 bits per heavy atom. The van der Waals surface area contributed by atoms with Crippen molar-refractivity contribution in [3.63, 3.8) is 0 Å². The Morgan fingerprint density at radius 3 is 1.37 bits per heavy atom. The van der Waals surface area contributed by atoms with E-state index < -0.39 is 18.1 Å². The van der Waals surface area contributed by atoms with Crippen LogP contribution in [0, 0.1) is 0 Å². The number of unbranched alkanes of at least 4 members (excludes halogenated alkanes) is 19. The molecule has 8 nitrogen and oxygen atoms in total. The van der Waals surface area contributed by atoms with Crippen LogP contribution in [-0.2, 0) is 28.6 Å². The van der Waals surface area contributed by atoms with Gasteiger partial charge in [0.1, 0.15) is 12.6 Å². The van der Waals surface area contributed by atoms with Gasteiger partial charge in [0.15, 0.2) is 6.10 Å². The molecule has 0 aromatic carbocycles. The highest BCUT2D eigenvalue weighted by Crippen LogP contribution is 2.15. The molecule has 0 rings (SSSR count). The van der Waals surface area contributed by atoms with E-state index in [-0.39, 0.29) is 42.7 Å². The largest absolute Gasteiger partial charge is 0.544 e. The van der Waals surface area contributed by atoms with Gasteiger partial charge in [-0.05, 0) is 83.5 Å². The third kappa shape index (κ3) is 45.5. The molecule has 65 heavy (non-hydrogen) atoms. The number of carbonyl (C=O) groups excluding carboxylic acids is 3. The summed E-state index contributed by atoms with van der Waals surface area (Å²) in [6.07, 6.45) is 61.8. The van der Waals surface area contributed by atoms with Gasteiger partial charge in [-0.25, -0.2) is 0 Å². The number of esters is 2. The molecule has 0 radical (unpaired) electrons. The Kier molecular flexibility index (Phi) is 44.5. The first-order valence-corrected chi connectivity index (χ1v) is 26.1. The Hall–Kier alpha value is -3.49. The van der Waals surface area contributed by atoms with Gasteiger partial charge in [-0.15, -0.1) is 0 Å². The van der Waals surface area contributed by atoms with Gasteiger partial charge in [0.25, 0.3) is 0 Å². The highest BCUT2D eigenvalue weighted by atomic mass is 16.6. The van der Waals surface area contributed by atoms with Gasteiger partial charge in [0, 0.05) is 19.3 Å². The molecular weight excluding hydrogens is 811 g/mol. The number of ether oxygens (including phenoxy) is 3. The average molecular weight is 908 g/mol. The van der Waals surface area contributed by atoms with Crippen molar-refractivity contribution in [1.82, 2.24) is 0 Å². The van der Waals surface area contributed by atoms with Crippen molar-refractivity contribution in [2.24, 2.45) is 0 Å². The summed E-state index contributed by atoms with van der Waals surface area (Å²) in [5, 5.41) is 11.7. The van der Waals surface area contributed by atoms with Gasteiger partial charge in [-0.3, -0.25) is 9.59 Å². The SMILES string of the molecule is CC/C=C/C/C=C/C/C=C/C/C=C/C/C=C/CCCCCCCCC(=O)OCC(COCCC(C(=O)[O-])[N+](C)(C)C)OC(=O)CCCCCCCCCCCC/C=C/C=C/CCCCC. The molecule has 2 unspecified atom stereocenters. The summed E-state index contributed by atoms with van der Waals surface area (Å²) in [5.41, 5.74) is 0. The van der Waals surface area contributed by atoms with Crippen LogP contribution in [0.2, 0.25) is 0 Å². The normalized spacial score (nSPS) is 13.6. The number of likely N-dealkylation sites (N-methyl/N-ethyl adjacent to an activating group) is 1. The molecule has 0 aliphatic rings. The van der Waals surface area contributed by atoms with Crippen LogP contribution in [0.1, 0.15) is 206 Å². The van der Waals surface area contributed by atoms with Crippen molar-refractivity contribution in [1.29, 1.82) is 0 Å². The second kappa shape index (κ2) is 47.0. The molecule has 372 valence electrons. The van der Waals surface area contributed by atoms with E-state index >= 15 is 0 Å². The molecule has 8 heteroatoms. The van der Waals surface area contributed by atoms with E-state index in [1.807, 2.05) is 0 Å². The predicted octanol–water partition coefficient (Wildman–Crippen LogP) is 13.9. The highest BCUT2D eigenvalue weighted by molar-refractivity contribution is 5.70. The van der Waals surface area contributed by atoms with Gasteiger partial charge in [-0.2, -0.15) is 0 Å². The number of carbonyl (C=O) groups is 3. The lowest BCUT2D eigenvalue weighted by Gasteiger charge is -2.34. The van der Waals surface area contributed by atoms with Crippen LogP contribution < -0.4 is 5.11 Å². The topological polar surface area (TPSA) is 102 Å². The molecule has 0 fully saturated rings. The van der Waals surface area contributed by atoms with Crippen LogP contribution in [0.5, 0.6) is 0 Å². The van der Waals surface area contributed by atoms with Crippen LogP contribution in [-0.4, -0.2) is 75.5 Å².